The van der Waals surface area contributed by atoms with E-state index in [1.54, 1.807) is 0 Å². The molecule has 0 unspecified atom stereocenters. The molecule has 3 fully saturated rings. The maximum Gasteiger partial charge on any atom is 0.236 e. The van der Waals surface area contributed by atoms with Crippen molar-refractivity contribution in [2.24, 2.45) is 4.99 Å². The summed E-state index contributed by atoms with van der Waals surface area (Å²) in [5, 5.41) is 6.39. The fourth-order valence-electron chi connectivity index (χ4n) is 3.75. The second-order valence-electron chi connectivity index (χ2n) is 8.03. The molecule has 8 heteroatoms. The van der Waals surface area contributed by atoms with Crippen molar-refractivity contribution in [3.63, 3.8) is 0 Å². The molecular weight excluding hydrogens is 356 g/mol. The van der Waals surface area contributed by atoms with Gasteiger partial charge in [-0.3, -0.25) is 19.5 Å². The quantitative estimate of drug-likeness (QED) is 0.352. The van der Waals surface area contributed by atoms with Gasteiger partial charge < -0.3 is 20.4 Å². The van der Waals surface area contributed by atoms with Gasteiger partial charge in [-0.25, -0.2) is 0 Å². The summed E-state index contributed by atoms with van der Waals surface area (Å²) in [6, 6.07) is 0.432. The maximum absolute atomic E-state index is 12.3. The predicted molar refractivity (Wildman–Crippen MR) is 110 cm³/mol. The highest BCUT2D eigenvalue weighted by atomic mass is 16.2. The number of piperazine rings is 1. The molecule has 158 valence electrons. The molecule has 3 rings (SSSR count). The Balaban J connectivity index is 1.37. The van der Waals surface area contributed by atoms with Crippen molar-refractivity contribution in [1.29, 1.82) is 0 Å². The van der Waals surface area contributed by atoms with Crippen LogP contribution in [0.25, 0.3) is 0 Å². The average Bonchev–Trinajstić information content (AvgIpc) is 3.32. The Morgan fingerprint density at radius 2 is 1.71 bits per heavy atom. The molecule has 0 aromatic carbocycles. The highest BCUT2D eigenvalue weighted by Gasteiger charge is 2.25. The molecule has 1 saturated carbocycles. The van der Waals surface area contributed by atoms with Crippen LogP contribution in [0.15, 0.2) is 4.99 Å². The molecule has 2 N–H and O–H groups in total. The number of hydrogen-bond donors (Lipinski definition) is 2. The molecule has 0 aromatic rings. The third-order valence-corrected chi connectivity index (χ3v) is 5.59. The predicted octanol–water partition coefficient (Wildman–Crippen LogP) is 0.251. The lowest BCUT2D eigenvalue weighted by atomic mass is 10.3. The summed E-state index contributed by atoms with van der Waals surface area (Å²) < 4.78 is 0. The van der Waals surface area contributed by atoms with Crippen molar-refractivity contribution in [3.05, 3.63) is 0 Å². The molecule has 2 saturated heterocycles. The Kier molecular flexibility index (Phi) is 7.94. The van der Waals surface area contributed by atoms with Gasteiger partial charge in [0.25, 0.3) is 0 Å². The number of carbonyl (C=O) groups excluding carboxylic acids is 2. The van der Waals surface area contributed by atoms with Gasteiger partial charge >= 0.3 is 0 Å². The summed E-state index contributed by atoms with van der Waals surface area (Å²) in [7, 11) is 0. The molecule has 2 aliphatic heterocycles. The number of nitrogens with one attached hydrogen (secondary N) is 2. The number of amides is 2. The first kappa shape index (κ1) is 20.9. The smallest absolute Gasteiger partial charge is 0.236 e. The van der Waals surface area contributed by atoms with Crippen molar-refractivity contribution >= 4 is 17.8 Å². The number of guanidine groups is 1. The molecule has 8 nitrogen and oxygen atoms in total. The van der Waals surface area contributed by atoms with Crippen molar-refractivity contribution in [3.8, 4) is 0 Å². The molecule has 0 aromatic heterocycles. The Morgan fingerprint density at radius 3 is 2.36 bits per heavy atom. The van der Waals surface area contributed by atoms with Crippen molar-refractivity contribution in [2.75, 3.05) is 58.9 Å². The molecule has 0 radical (unpaired) electrons. The zero-order chi connectivity index (χ0) is 19.8. The van der Waals surface area contributed by atoms with Crippen LogP contribution in [-0.4, -0.2) is 97.4 Å². The zero-order valence-electron chi connectivity index (χ0n) is 17.3. The van der Waals surface area contributed by atoms with Crippen LogP contribution in [-0.2, 0) is 9.59 Å². The first-order chi connectivity index (χ1) is 13.7. The molecular formula is C20H36N6O2. The molecule has 0 bridgehead atoms. The van der Waals surface area contributed by atoms with Crippen LogP contribution in [0.5, 0.6) is 0 Å². The molecule has 1 aliphatic carbocycles. The monoisotopic (exact) mass is 392 g/mol. The van der Waals surface area contributed by atoms with E-state index < -0.39 is 0 Å². The van der Waals surface area contributed by atoms with Crippen LogP contribution in [0.1, 0.15) is 45.4 Å². The molecule has 0 spiro atoms. The van der Waals surface area contributed by atoms with Crippen LogP contribution >= 0.6 is 0 Å². The summed E-state index contributed by atoms with van der Waals surface area (Å²) in [5.41, 5.74) is 0. The van der Waals surface area contributed by atoms with E-state index in [4.69, 9.17) is 4.99 Å². The normalized spacial score (nSPS) is 21.1. The summed E-state index contributed by atoms with van der Waals surface area (Å²) in [4.78, 5) is 35.3. The zero-order valence-corrected chi connectivity index (χ0v) is 17.3. The Hall–Kier alpha value is -1.83. The van der Waals surface area contributed by atoms with Gasteiger partial charge in [-0.15, -0.1) is 0 Å². The van der Waals surface area contributed by atoms with E-state index in [9.17, 15) is 9.59 Å². The van der Waals surface area contributed by atoms with Gasteiger partial charge in [-0.1, -0.05) is 0 Å². The molecule has 28 heavy (non-hydrogen) atoms. The van der Waals surface area contributed by atoms with E-state index in [0.29, 0.717) is 25.6 Å². The van der Waals surface area contributed by atoms with Gasteiger partial charge in [0, 0.05) is 64.8 Å². The van der Waals surface area contributed by atoms with E-state index in [1.165, 1.54) is 0 Å². The lowest BCUT2D eigenvalue weighted by Crippen LogP contribution is -2.54. The van der Waals surface area contributed by atoms with Crippen LogP contribution < -0.4 is 10.6 Å². The molecule has 0 atom stereocenters. The van der Waals surface area contributed by atoms with Crippen LogP contribution in [0.2, 0.25) is 0 Å². The van der Waals surface area contributed by atoms with E-state index in [-0.39, 0.29) is 11.8 Å². The largest absolute Gasteiger partial charge is 0.357 e. The number of rotatable bonds is 8. The van der Waals surface area contributed by atoms with Crippen LogP contribution in [0.3, 0.4) is 0 Å². The molecule has 2 amide bonds. The third-order valence-electron chi connectivity index (χ3n) is 5.59. The van der Waals surface area contributed by atoms with Gasteiger partial charge in [0.2, 0.25) is 11.8 Å². The van der Waals surface area contributed by atoms with E-state index >= 15 is 0 Å². The fourth-order valence-corrected chi connectivity index (χ4v) is 3.75. The minimum Gasteiger partial charge on any atom is -0.357 e. The summed E-state index contributed by atoms with van der Waals surface area (Å²) in [6.45, 7) is 9.47. The molecule has 3 aliphatic rings. The first-order valence-corrected chi connectivity index (χ1v) is 11.0. The SMILES string of the molecule is CCNC(=NCCCC(=O)NC1CC1)N1CCN(CC(=O)N2CCCC2)CC1. The minimum atomic E-state index is 0.152. The van der Waals surface area contributed by atoms with Gasteiger partial charge in [0.1, 0.15) is 0 Å². The maximum atomic E-state index is 12.3. The number of nitrogens with zero attached hydrogens (tertiary/aromatic N) is 4. The van der Waals surface area contributed by atoms with Gasteiger partial charge in [-0.2, -0.15) is 0 Å². The summed E-state index contributed by atoms with van der Waals surface area (Å²) >= 11 is 0. The van der Waals surface area contributed by atoms with Crippen molar-refractivity contribution in [2.45, 2.75) is 51.5 Å². The van der Waals surface area contributed by atoms with Crippen LogP contribution in [0, 0.1) is 0 Å². The van der Waals surface area contributed by atoms with Crippen molar-refractivity contribution in [1.82, 2.24) is 25.3 Å². The van der Waals surface area contributed by atoms with E-state index in [2.05, 4.69) is 27.4 Å². The Morgan fingerprint density at radius 1 is 1.00 bits per heavy atom. The topological polar surface area (TPSA) is 80.3 Å². The highest BCUT2D eigenvalue weighted by molar-refractivity contribution is 5.80. The standard InChI is InChI=1S/C20H36N6O2/c1-2-21-20(22-9-5-6-18(27)23-17-7-8-17)26-14-12-24(13-15-26)16-19(28)25-10-3-4-11-25/h17H,2-16H2,1H3,(H,21,22)(H,23,27). The van der Waals surface area contributed by atoms with Gasteiger partial charge in [-0.05, 0) is 39.0 Å². The lowest BCUT2D eigenvalue weighted by Gasteiger charge is -2.36. The van der Waals surface area contributed by atoms with E-state index in [1.807, 2.05) is 4.90 Å². The first-order valence-electron chi connectivity index (χ1n) is 11.0. The van der Waals surface area contributed by atoms with Gasteiger partial charge in [0.05, 0.1) is 6.54 Å². The summed E-state index contributed by atoms with van der Waals surface area (Å²) in [5.74, 6) is 1.35. The molecule has 2 heterocycles. The third kappa shape index (κ3) is 6.65. The van der Waals surface area contributed by atoms with Crippen molar-refractivity contribution < 1.29 is 9.59 Å². The highest BCUT2D eigenvalue weighted by Crippen LogP contribution is 2.18. The number of aliphatic imine (C=N–C) groups is 1. The van der Waals surface area contributed by atoms with Gasteiger partial charge in [0.15, 0.2) is 5.96 Å². The number of likely N-dealkylation sites (tertiary alicyclic amines) is 1. The average molecular weight is 393 g/mol. The number of hydrogen-bond acceptors (Lipinski definition) is 4. The Labute approximate surface area is 168 Å². The second-order valence-corrected chi connectivity index (χ2v) is 8.03. The van der Waals surface area contributed by atoms with E-state index in [0.717, 1.165) is 83.9 Å². The number of carbonyl (C=O) groups is 2. The fraction of sp³-hybridized carbons (Fsp3) is 0.850. The summed E-state index contributed by atoms with van der Waals surface area (Å²) in [6.07, 6.45) is 5.87. The Bertz CT molecular complexity index is 549. The minimum absolute atomic E-state index is 0.152. The lowest BCUT2D eigenvalue weighted by molar-refractivity contribution is -0.131. The second kappa shape index (κ2) is 10.6. The van der Waals surface area contributed by atoms with Crippen LogP contribution in [0.4, 0.5) is 0 Å².